The standard InChI is InChI=1S/C26H27F2N7O4S/c1-15(2)23(26(36)33-40(37,38)17-8-9-17)34(3)25-19(28)13-29-24(30-25)21-12-22(20-10-11-39-32-20)35(31-21)14-16-6-4-5-7-18(16)27/h4-7,10-13,15,17,23H,8-9,14H2,1-3H3,(H,33,36). The number of likely N-dealkylation sites (N-methyl/N-ethyl adjacent to an activating group) is 1. The van der Waals surface area contributed by atoms with Gasteiger partial charge in [-0.25, -0.2) is 27.2 Å². The molecule has 1 unspecified atom stereocenters. The average molecular weight is 572 g/mol. The van der Waals surface area contributed by atoms with E-state index in [2.05, 4.69) is 24.9 Å². The minimum absolute atomic E-state index is 0.0359. The zero-order valence-electron chi connectivity index (χ0n) is 22.0. The number of rotatable bonds is 10. The number of benzene rings is 1. The molecule has 0 radical (unpaired) electrons. The molecular formula is C26H27F2N7O4S. The fraction of sp³-hybridized carbons (Fsp3) is 0.346. The van der Waals surface area contributed by atoms with Gasteiger partial charge in [0.1, 0.15) is 29.5 Å². The van der Waals surface area contributed by atoms with E-state index < -0.39 is 44.8 Å². The molecule has 1 aliphatic rings. The van der Waals surface area contributed by atoms with E-state index in [1.54, 1.807) is 44.2 Å². The van der Waals surface area contributed by atoms with Crippen molar-refractivity contribution in [2.45, 2.75) is 44.5 Å². The van der Waals surface area contributed by atoms with Gasteiger partial charge in [-0.2, -0.15) is 5.10 Å². The summed E-state index contributed by atoms with van der Waals surface area (Å²) in [7, 11) is -2.34. The largest absolute Gasteiger partial charge is 0.364 e. The van der Waals surface area contributed by atoms with Crippen LogP contribution in [0.1, 0.15) is 32.3 Å². The molecule has 0 bridgehead atoms. The van der Waals surface area contributed by atoms with Gasteiger partial charge in [0.25, 0.3) is 5.91 Å². The average Bonchev–Trinajstić information content (AvgIpc) is 3.48. The second-order valence-corrected chi connectivity index (χ2v) is 11.9. The van der Waals surface area contributed by atoms with Crippen LogP contribution in [-0.4, -0.2) is 57.6 Å². The zero-order chi connectivity index (χ0) is 28.6. The van der Waals surface area contributed by atoms with Crippen LogP contribution in [0.2, 0.25) is 0 Å². The SMILES string of the molecule is CC(C)C(C(=O)NS(=O)(=O)C1CC1)N(C)c1nc(-c2cc(-c3ccon3)n(Cc3ccccc3F)n2)ncc1F. The first-order valence-corrected chi connectivity index (χ1v) is 14.1. The van der Waals surface area contributed by atoms with E-state index in [-0.39, 0.29) is 23.9 Å². The van der Waals surface area contributed by atoms with Gasteiger partial charge < -0.3 is 9.42 Å². The number of nitrogens with zero attached hydrogens (tertiary/aromatic N) is 6. The number of sulfonamides is 1. The number of nitrogens with one attached hydrogen (secondary N) is 1. The first-order valence-electron chi connectivity index (χ1n) is 12.6. The fourth-order valence-electron chi connectivity index (χ4n) is 4.43. The lowest BCUT2D eigenvalue weighted by Gasteiger charge is -2.31. The minimum atomic E-state index is -3.80. The van der Waals surface area contributed by atoms with Crippen LogP contribution >= 0.6 is 0 Å². The van der Waals surface area contributed by atoms with Crippen molar-refractivity contribution in [3.8, 4) is 22.9 Å². The summed E-state index contributed by atoms with van der Waals surface area (Å²) >= 11 is 0. The molecule has 1 saturated carbocycles. The molecule has 40 heavy (non-hydrogen) atoms. The Morgan fingerprint density at radius 2 is 1.93 bits per heavy atom. The quantitative estimate of drug-likeness (QED) is 0.304. The minimum Gasteiger partial charge on any atom is -0.364 e. The number of hydrogen-bond acceptors (Lipinski definition) is 9. The number of amides is 1. The molecule has 1 aliphatic carbocycles. The maximum Gasteiger partial charge on any atom is 0.256 e. The van der Waals surface area contributed by atoms with E-state index in [1.165, 1.54) is 29.0 Å². The molecule has 4 aromatic rings. The second-order valence-electron chi connectivity index (χ2n) is 9.92. The highest BCUT2D eigenvalue weighted by Gasteiger charge is 2.39. The second kappa shape index (κ2) is 10.8. The van der Waals surface area contributed by atoms with E-state index in [9.17, 15) is 17.6 Å². The van der Waals surface area contributed by atoms with Crippen molar-refractivity contribution in [3.05, 3.63) is 66.1 Å². The number of hydrogen-bond donors (Lipinski definition) is 1. The Kier molecular flexibility index (Phi) is 7.36. The highest BCUT2D eigenvalue weighted by atomic mass is 32.2. The molecule has 14 heteroatoms. The van der Waals surface area contributed by atoms with Crippen molar-refractivity contribution in [1.82, 2.24) is 29.6 Å². The monoisotopic (exact) mass is 571 g/mol. The van der Waals surface area contributed by atoms with E-state index >= 15 is 4.39 Å². The highest BCUT2D eigenvalue weighted by molar-refractivity contribution is 7.90. The van der Waals surface area contributed by atoms with Crippen LogP contribution in [0.25, 0.3) is 22.9 Å². The lowest BCUT2D eigenvalue weighted by Crippen LogP contribution is -2.51. The summed E-state index contributed by atoms with van der Waals surface area (Å²) in [5.74, 6) is -2.56. The molecule has 3 aromatic heterocycles. The van der Waals surface area contributed by atoms with Gasteiger partial charge in [-0.3, -0.25) is 14.2 Å². The third-order valence-corrected chi connectivity index (χ3v) is 8.41. The summed E-state index contributed by atoms with van der Waals surface area (Å²) in [6.45, 7) is 3.51. The Bertz CT molecular complexity index is 1640. The lowest BCUT2D eigenvalue weighted by molar-refractivity contribution is -0.121. The molecule has 1 amide bonds. The molecule has 210 valence electrons. The topological polar surface area (TPSA) is 136 Å². The summed E-state index contributed by atoms with van der Waals surface area (Å²) < 4.78 is 62.8. The van der Waals surface area contributed by atoms with Crippen LogP contribution in [0, 0.1) is 17.6 Å². The van der Waals surface area contributed by atoms with E-state index in [1.807, 2.05) is 0 Å². The summed E-state index contributed by atoms with van der Waals surface area (Å²) in [6, 6.07) is 8.46. The highest BCUT2D eigenvalue weighted by Crippen LogP contribution is 2.29. The number of aromatic nitrogens is 5. The predicted octanol–water partition coefficient (Wildman–Crippen LogP) is 3.39. The van der Waals surface area contributed by atoms with Crippen LogP contribution in [0.3, 0.4) is 0 Å². The first kappa shape index (κ1) is 27.4. The van der Waals surface area contributed by atoms with Gasteiger partial charge in [-0.1, -0.05) is 37.2 Å². The summed E-state index contributed by atoms with van der Waals surface area (Å²) in [4.78, 5) is 22.8. The number of carbonyl (C=O) groups excluding carboxylic acids is 1. The molecule has 3 heterocycles. The molecule has 0 aliphatic heterocycles. The van der Waals surface area contributed by atoms with Crippen molar-refractivity contribution < 1.29 is 26.5 Å². The van der Waals surface area contributed by atoms with Gasteiger partial charge in [0, 0.05) is 18.7 Å². The van der Waals surface area contributed by atoms with Gasteiger partial charge in [0.2, 0.25) is 10.0 Å². The Hall–Kier alpha value is -4.20. The van der Waals surface area contributed by atoms with Crippen molar-refractivity contribution in [3.63, 3.8) is 0 Å². The van der Waals surface area contributed by atoms with Crippen LogP contribution < -0.4 is 9.62 Å². The molecule has 0 saturated heterocycles. The maximum atomic E-state index is 15.0. The first-order chi connectivity index (χ1) is 19.0. The van der Waals surface area contributed by atoms with Crippen molar-refractivity contribution >= 4 is 21.7 Å². The van der Waals surface area contributed by atoms with Gasteiger partial charge in [0.05, 0.1) is 23.7 Å². The van der Waals surface area contributed by atoms with Gasteiger partial charge in [-0.15, -0.1) is 0 Å². The van der Waals surface area contributed by atoms with Gasteiger partial charge in [-0.05, 0) is 30.9 Å². The predicted molar refractivity (Wildman–Crippen MR) is 141 cm³/mol. The molecule has 1 fully saturated rings. The Labute approximate surface area is 229 Å². The normalized spacial score (nSPS) is 14.3. The van der Waals surface area contributed by atoms with Crippen LogP contribution in [-0.2, 0) is 21.4 Å². The summed E-state index contributed by atoms with van der Waals surface area (Å²) in [6.07, 6.45) is 3.33. The lowest BCUT2D eigenvalue weighted by atomic mass is 10.0. The van der Waals surface area contributed by atoms with E-state index in [4.69, 9.17) is 4.52 Å². The fourth-order valence-corrected chi connectivity index (χ4v) is 5.76. The van der Waals surface area contributed by atoms with Crippen LogP contribution in [0.4, 0.5) is 14.6 Å². The van der Waals surface area contributed by atoms with Crippen LogP contribution in [0.5, 0.6) is 0 Å². The number of anilines is 1. The number of halogens is 2. The Morgan fingerprint density at radius 3 is 2.58 bits per heavy atom. The van der Waals surface area contributed by atoms with E-state index in [0.29, 0.717) is 29.8 Å². The maximum absolute atomic E-state index is 15.0. The Morgan fingerprint density at radius 1 is 1.18 bits per heavy atom. The molecule has 5 rings (SSSR count). The third-order valence-electron chi connectivity index (χ3n) is 6.57. The van der Waals surface area contributed by atoms with Crippen LogP contribution in [0.15, 0.2) is 53.4 Å². The van der Waals surface area contributed by atoms with Crippen molar-refractivity contribution in [2.75, 3.05) is 11.9 Å². The molecule has 11 nitrogen and oxygen atoms in total. The molecular weight excluding hydrogens is 544 g/mol. The van der Waals surface area contributed by atoms with Gasteiger partial charge >= 0.3 is 0 Å². The zero-order valence-corrected chi connectivity index (χ0v) is 22.8. The summed E-state index contributed by atoms with van der Waals surface area (Å²) in [5.41, 5.74) is 1.54. The smallest absolute Gasteiger partial charge is 0.256 e. The Balaban J connectivity index is 1.49. The summed E-state index contributed by atoms with van der Waals surface area (Å²) in [5, 5.41) is 7.90. The molecule has 1 N–H and O–H groups in total. The molecule has 1 atom stereocenters. The van der Waals surface area contributed by atoms with Gasteiger partial charge in [0.15, 0.2) is 17.5 Å². The molecule has 0 spiro atoms. The van der Waals surface area contributed by atoms with Crippen molar-refractivity contribution in [2.24, 2.45) is 5.92 Å². The molecule has 1 aromatic carbocycles. The van der Waals surface area contributed by atoms with E-state index in [0.717, 1.165) is 6.20 Å². The van der Waals surface area contributed by atoms with Crippen molar-refractivity contribution in [1.29, 1.82) is 0 Å². The number of carbonyl (C=O) groups is 1. The third kappa shape index (κ3) is 5.57.